The zero-order valence-electron chi connectivity index (χ0n) is 8.70. The molecule has 1 atom stereocenters. The van der Waals surface area contributed by atoms with Crippen molar-refractivity contribution >= 4 is 11.6 Å². The third-order valence-corrected chi connectivity index (χ3v) is 2.62. The molecule has 1 unspecified atom stereocenters. The van der Waals surface area contributed by atoms with Gasteiger partial charge in [-0.3, -0.25) is 0 Å². The van der Waals surface area contributed by atoms with E-state index >= 15 is 0 Å². The van der Waals surface area contributed by atoms with E-state index in [2.05, 4.69) is 0 Å². The SMILES string of the molecule is CCc1cc(Cl)cc(C(N)CCO)c1O. The normalized spacial score (nSPS) is 12.8. The van der Waals surface area contributed by atoms with Crippen LogP contribution < -0.4 is 5.73 Å². The number of aryl methyl sites for hydroxylation is 1. The van der Waals surface area contributed by atoms with Gasteiger partial charge in [-0.15, -0.1) is 0 Å². The second-order valence-corrected chi connectivity index (χ2v) is 3.91. The van der Waals surface area contributed by atoms with Gasteiger partial charge in [0.2, 0.25) is 0 Å². The highest BCUT2D eigenvalue weighted by Gasteiger charge is 2.14. The first-order valence-electron chi connectivity index (χ1n) is 4.97. The highest BCUT2D eigenvalue weighted by molar-refractivity contribution is 6.30. The number of phenolic OH excluding ortho intramolecular Hbond substituents is 1. The topological polar surface area (TPSA) is 66.5 Å². The molecule has 0 aromatic heterocycles. The summed E-state index contributed by atoms with van der Waals surface area (Å²) in [6.07, 6.45) is 1.11. The Morgan fingerprint density at radius 3 is 2.67 bits per heavy atom. The summed E-state index contributed by atoms with van der Waals surface area (Å²) in [5, 5.41) is 19.2. The van der Waals surface area contributed by atoms with Crippen molar-refractivity contribution in [3.05, 3.63) is 28.3 Å². The van der Waals surface area contributed by atoms with Crippen molar-refractivity contribution in [1.29, 1.82) is 0 Å². The average Bonchev–Trinajstić information content (AvgIpc) is 2.21. The van der Waals surface area contributed by atoms with Crippen LogP contribution in [0.4, 0.5) is 0 Å². The molecule has 1 rings (SSSR count). The van der Waals surface area contributed by atoms with E-state index in [4.69, 9.17) is 22.4 Å². The van der Waals surface area contributed by atoms with E-state index in [0.717, 1.165) is 5.56 Å². The molecular weight excluding hydrogens is 214 g/mol. The lowest BCUT2D eigenvalue weighted by atomic mass is 9.99. The number of aromatic hydroxyl groups is 1. The lowest BCUT2D eigenvalue weighted by Crippen LogP contribution is -2.12. The van der Waals surface area contributed by atoms with E-state index < -0.39 is 0 Å². The molecular formula is C11H16ClNO2. The summed E-state index contributed by atoms with van der Waals surface area (Å²) in [6, 6.07) is 3.00. The van der Waals surface area contributed by atoms with Gasteiger partial charge in [-0.25, -0.2) is 0 Å². The second kappa shape index (κ2) is 5.35. The van der Waals surface area contributed by atoms with Crippen LogP contribution >= 0.6 is 11.6 Å². The molecule has 0 fully saturated rings. The van der Waals surface area contributed by atoms with Gasteiger partial charge in [0, 0.05) is 23.2 Å². The van der Waals surface area contributed by atoms with E-state index in [1.54, 1.807) is 12.1 Å². The van der Waals surface area contributed by atoms with Gasteiger partial charge in [0.05, 0.1) is 0 Å². The Bertz CT molecular complexity index is 342. The standard InChI is InChI=1S/C11H16ClNO2/c1-2-7-5-8(12)6-9(11(7)15)10(13)3-4-14/h5-6,10,14-15H,2-4,13H2,1H3. The lowest BCUT2D eigenvalue weighted by molar-refractivity contribution is 0.275. The van der Waals surface area contributed by atoms with Crippen molar-refractivity contribution in [2.45, 2.75) is 25.8 Å². The maximum absolute atomic E-state index is 9.89. The first-order valence-corrected chi connectivity index (χ1v) is 5.35. The number of hydrogen-bond donors (Lipinski definition) is 3. The summed E-state index contributed by atoms with van der Waals surface area (Å²) in [5.74, 6) is 0.197. The number of hydrogen-bond acceptors (Lipinski definition) is 3. The van der Waals surface area contributed by atoms with Gasteiger partial charge in [0.25, 0.3) is 0 Å². The molecule has 4 heteroatoms. The molecule has 0 aliphatic heterocycles. The van der Waals surface area contributed by atoms with Crippen LogP contribution in [0.1, 0.15) is 30.5 Å². The number of aliphatic hydroxyl groups is 1. The molecule has 0 spiro atoms. The minimum absolute atomic E-state index is 0.00538. The Kier molecular flexibility index (Phi) is 4.39. The molecule has 0 aliphatic rings. The summed E-state index contributed by atoms with van der Waals surface area (Å²) in [5.41, 5.74) is 7.21. The Morgan fingerprint density at radius 2 is 2.13 bits per heavy atom. The molecule has 0 bridgehead atoms. The van der Waals surface area contributed by atoms with Crippen LogP contribution in [0.3, 0.4) is 0 Å². The van der Waals surface area contributed by atoms with E-state index in [-0.39, 0.29) is 18.4 Å². The Labute approximate surface area is 94.5 Å². The van der Waals surface area contributed by atoms with Crippen molar-refractivity contribution in [1.82, 2.24) is 0 Å². The second-order valence-electron chi connectivity index (χ2n) is 3.48. The van der Waals surface area contributed by atoms with Crippen LogP contribution in [0.25, 0.3) is 0 Å². The van der Waals surface area contributed by atoms with Gasteiger partial charge in [-0.1, -0.05) is 18.5 Å². The van der Waals surface area contributed by atoms with Crippen LogP contribution in [-0.2, 0) is 6.42 Å². The molecule has 0 heterocycles. The predicted molar refractivity (Wildman–Crippen MR) is 61.1 cm³/mol. The van der Waals surface area contributed by atoms with Crippen LogP contribution in [0.5, 0.6) is 5.75 Å². The number of aliphatic hydroxyl groups excluding tert-OH is 1. The van der Waals surface area contributed by atoms with E-state index in [0.29, 0.717) is 23.4 Å². The highest BCUT2D eigenvalue weighted by Crippen LogP contribution is 2.32. The number of benzene rings is 1. The molecule has 84 valence electrons. The predicted octanol–water partition coefficient (Wildman–Crippen LogP) is 1.99. The van der Waals surface area contributed by atoms with Crippen molar-refractivity contribution < 1.29 is 10.2 Å². The Hall–Kier alpha value is -0.770. The molecule has 0 radical (unpaired) electrons. The van der Waals surface area contributed by atoms with E-state index in [1.165, 1.54) is 0 Å². The molecule has 0 amide bonds. The third-order valence-electron chi connectivity index (χ3n) is 2.40. The molecule has 15 heavy (non-hydrogen) atoms. The highest BCUT2D eigenvalue weighted by atomic mass is 35.5. The van der Waals surface area contributed by atoms with Gasteiger partial charge in [-0.05, 0) is 30.5 Å². The molecule has 0 aliphatic carbocycles. The lowest BCUT2D eigenvalue weighted by Gasteiger charge is -2.15. The van der Waals surface area contributed by atoms with Gasteiger partial charge in [0.15, 0.2) is 0 Å². The molecule has 0 saturated carbocycles. The van der Waals surface area contributed by atoms with Crippen LogP contribution in [0.15, 0.2) is 12.1 Å². The minimum Gasteiger partial charge on any atom is -0.507 e. The summed E-state index contributed by atoms with van der Waals surface area (Å²) < 4.78 is 0. The van der Waals surface area contributed by atoms with Crippen LogP contribution in [-0.4, -0.2) is 16.8 Å². The van der Waals surface area contributed by atoms with Crippen molar-refractivity contribution in [3.8, 4) is 5.75 Å². The van der Waals surface area contributed by atoms with Crippen molar-refractivity contribution in [3.63, 3.8) is 0 Å². The maximum Gasteiger partial charge on any atom is 0.123 e. The van der Waals surface area contributed by atoms with Crippen LogP contribution in [0.2, 0.25) is 5.02 Å². The number of nitrogens with two attached hydrogens (primary N) is 1. The fourth-order valence-corrected chi connectivity index (χ4v) is 1.77. The maximum atomic E-state index is 9.89. The number of phenols is 1. The molecule has 0 saturated heterocycles. The molecule has 3 nitrogen and oxygen atoms in total. The number of halogens is 1. The van der Waals surface area contributed by atoms with E-state index in [9.17, 15) is 5.11 Å². The minimum atomic E-state index is -0.376. The third kappa shape index (κ3) is 2.84. The number of rotatable bonds is 4. The van der Waals surface area contributed by atoms with Gasteiger partial charge < -0.3 is 15.9 Å². The molecule has 1 aromatic rings. The zero-order chi connectivity index (χ0) is 11.4. The summed E-state index contributed by atoms with van der Waals surface area (Å²) in [6.45, 7) is 1.93. The van der Waals surface area contributed by atoms with Gasteiger partial charge >= 0.3 is 0 Å². The van der Waals surface area contributed by atoms with Gasteiger partial charge in [-0.2, -0.15) is 0 Å². The summed E-state index contributed by atoms with van der Waals surface area (Å²) in [4.78, 5) is 0. The first kappa shape index (κ1) is 12.3. The van der Waals surface area contributed by atoms with Crippen LogP contribution in [0, 0.1) is 0 Å². The zero-order valence-corrected chi connectivity index (χ0v) is 9.46. The fraction of sp³-hybridized carbons (Fsp3) is 0.455. The largest absolute Gasteiger partial charge is 0.507 e. The van der Waals surface area contributed by atoms with Crippen molar-refractivity contribution in [2.24, 2.45) is 5.73 Å². The van der Waals surface area contributed by atoms with Gasteiger partial charge in [0.1, 0.15) is 5.75 Å². The van der Waals surface area contributed by atoms with E-state index in [1.807, 2.05) is 6.92 Å². The molecule has 4 N–H and O–H groups in total. The Balaban J connectivity index is 3.11. The average molecular weight is 230 g/mol. The smallest absolute Gasteiger partial charge is 0.123 e. The first-order chi connectivity index (χ1) is 7.10. The Morgan fingerprint density at radius 1 is 1.47 bits per heavy atom. The van der Waals surface area contributed by atoms with Crippen molar-refractivity contribution in [2.75, 3.05) is 6.61 Å². The summed E-state index contributed by atoms with van der Waals surface area (Å²) in [7, 11) is 0. The quantitative estimate of drug-likeness (QED) is 0.740. The monoisotopic (exact) mass is 229 g/mol. The fourth-order valence-electron chi connectivity index (χ4n) is 1.53. The molecule has 1 aromatic carbocycles. The summed E-state index contributed by atoms with van der Waals surface area (Å²) >= 11 is 5.92.